The highest BCUT2D eigenvalue weighted by Crippen LogP contribution is 2.40. The van der Waals surface area contributed by atoms with Crippen LogP contribution in [0.1, 0.15) is 23.5 Å². The van der Waals surface area contributed by atoms with Gasteiger partial charge in [-0.05, 0) is 54.7 Å². The van der Waals surface area contributed by atoms with Crippen molar-refractivity contribution in [1.29, 1.82) is 0 Å². The molecular weight excluding hydrogens is 445 g/mol. The Morgan fingerprint density at radius 3 is 2.82 bits per heavy atom. The van der Waals surface area contributed by atoms with Crippen LogP contribution in [0.4, 0.5) is 4.39 Å². The fraction of sp³-hybridized carbons (Fsp3) is 0.200. The number of β-amino-alcohol motifs (C(OH)–C–C–N with tert-alkyl or cyclic N) is 1. The summed E-state index contributed by atoms with van der Waals surface area (Å²) in [5, 5.41) is 13.3. The molecule has 0 aliphatic carbocycles. The lowest BCUT2D eigenvalue weighted by molar-refractivity contribution is 0.209. The van der Waals surface area contributed by atoms with Crippen molar-refractivity contribution < 1.29 is 13.9 Å². The van der Waals surface area contributed by atoms with E-state index < -0.39 is 0 Å². The summed E-state index contributed by atoms with van der Waals surface area (Å²) in [6.45, 7) is 0.296. The number of aliphatic hydroxyl groups is 1. The number of furan rings is 1. The number of benzene rings is 1. The van der Waals surface area contributed by atoms with Gasteiger partial charge >= 0.3 is 0 Å². The summed E-state index contributed by atoms with van der Waals surface area (Å²) in [6.07, 6.45) is 1.72. The Morgan fingerprint density at radius 1 is 1.25 bits per heavy atom. The first kappa shape index (κ1) is 19.0. The van der Waals surface area contributed by atoms with Crippen molar-refractivity contribution in [3.8, 4) is 11.3 Å². The van der Waals surface area contributed by atoms with Gasteiger partial charge in [0.1, 0.15) is 23.4 Å². The number of aromatic nitrogens is 1. The molecule has 0 bridgehead atoms. The van der Waals surface area contributed by atoms with E-state index in [2.05, 4.69) is 26.2 Å². The zero-order chi connectivity index (χ0) is 19.7. The zero-order valence-electron chi connectivity index (χ0n) is 14.7. The maximum atomic E-state index is 14.3. The molecular formula is C20H17BrFN3O2S. The van der Waals surface area contributed by atoms with Gasteiger partial charge in [0, 0.05) is 17.2 Å². The average Bonchev–Trinajstić information content (AvgIpc) is 3.28. The molecule has 2 N–H and O–H groups in total. The second kappa shape index (κ2) is 7.98. The summed E-state index contributed by atoms with van der Waals surface area (Å²) >= 11 is 8.73. The first-order chi connectivity index (χ1) is 13.6. The summed E-state index contributed by atoms with van der Waals surface area (Å²) in [6, 6.07) is 13.5. The van der Waals surface area contributed by atoms with Crippen LogP contribution in [0.15, 0.2) is 63.6 Å². The Balaban J connectivity index is 1.73. The van der Waals surface area contributed by atoms with Gasteiger partial charge in [-0.15, -0.1) is 0 Å². The number of hydrogen-bond acceptors (Lipinski definition) is 4. The van der Waals surface area contributed by atoms with Crippen LogP contribution in [0, 0.1) is 5.82 Å². The summed E-state index contributed by atoms with van der Waals surface area (Å²) in [5.74, 6) is 0.680. The molecule has 1 fully saturated rings. The number of pyridine rings is 1. The monoisotopic (exact) mass is 461 g/mol. The van der Waals surface area contributed by atoms with Crippen LogP contribution in [0.3, 0.4) is 0 Å². The minimum absolute atomic E-state index is 0.0534. The summed E-state index contributed by atoms with van der Waals surface area (Å²) in [4.78, 5) is 6.31. The SMILES string of the molecule is OCCN1C(=S)N[C@H](c2ccccn2)[C@@H]1c1ccc(-c2ccc(Br)cc2F)o1. The van der Waals surface area contributed by atoms with E-state index in [1.807, 2.05) is 29.2 Å². The maximum Gasteiger partial charge on any atom is 0.170 e. The smallest absolute Gasteiger partial charge is 0.170 e. The van der Waals surface area contributed by atoms with Crippen LogP contribution in [-0.2, 0) is 0 Å². The molecule has 1 aliphatic heterocycles. The molecule has 0 amide bonds. The molecule has 0 spiro atoms. The number of thiocarbonyl (C=S) groups is 1. The van der Waals surface area contributed by atoms with E-state index in [-0.39, 0.29) is 24.5 Å². The number of hydrogen-bond donors (Lipinski definition) is 2. The van der Waals surface area contributed by atoms with Gasteiger partial charge in [-0.25, -0.2) is 4.39 Å². The lowest BCUT2D eigenvalue weighted by Gasteiger charge is -2.25. The minimum Gasteiger partial charge on any atom is -0.459 e. The molecule has 0 radical (unpaired) electrons. The molecule has 0 saturated carbocycles. The fourth-order valence-corrected chi connectivity index (χ4v) is 4.07. The quantitative estimate of drug-likeness (QED) is 0.555. The highest BCUT2D eigenvalue weighted by Gasteiger charge is 2.41. The van der Waals surface area contributed by atoms with Gasteiger partial charge in [0.05, 0.1) is 23.9 Å². The van der Waals surface area contributed by atoms with Gasteiger partial charge in [0.25, 0.3) is 0 Å². The first-order valence-corrected chi connectivity index (χ1v) is 9.92. The Bertz CT molecular complexity index is 998. The molecule has 1 saturated heterocycles. The Morgan fingerprint density at radius 2 is 2.11 bits per heavy atom. The van der Waals surface area contributed by atoms with E-state index in [0.717, 1.165) is 5.69 Å². The third-order valence-corrected chi connectivity index (χ3v) is 5.50. The van der Waals surface area contributed by atoms with Gasteiger partial charge in [0.2, 0.25) is 0 Å². The number of nitrogens with zero attached hydrogens (tertiary/aromatic N) is 2. The predicted molar refractivity (Wildman–Crippen MR) is 111 cm³/mol. The van der Waals surface area contributed by atoms with Crippen molar-refractivity contribution in [3.05, 3.63) is 76.5 Å². The highest BCUT2D eigenvalue weighted by molar-refractivity contribution is 9.10. The second-order valence-corrected chi connectivity index (χ2v) is 7.67. The van der Waals surface area contributed by atoms with E-state index in [0.29, 0.717) is 33.2 Å². The van der Waals surface area contributed by atoms with Crippen LogP contribution in [0.25, 0.3) is 11.3 Å². The van der Waals surface area contributed by atoms with Crippen LogP contribution in [0.5, 0.6) is 0 Å². The topological polar surface area (TPSA) is 61.5 Å². The average molecular weight is 462 g/mol. The fourth-order valence-electron chi connectivity index (χ4n) is 3.41. The third-order valence-electron chi connectivity index (χ3n) is 4.65. The van der Waals surface area contributed by atoms with Crippen molar-refractivity contribution in [1.82, 2.24) is 15.2 Å². The third kappa shape index (κ3) is 3.55. The van der Waals surface area contributed by atoms with Gasteiger partial charge in [0.15, 0.2) is 5.11 Å². The standard InChI is InChI=1S/C20H17BrFN3O2S/c21-12-4-5-13(14(22)11-12)16-6-7-17(27-16)19-18(15-3-1-2-8-23-15)24-20(28)25(19)9-10-26/h1-8,11,18-19,26H,9-10H2,(H,24,28)/t18-,19+/m1/s1. The van der Waals surface area contributed by atoms with Gasteiger partial charge in [-0.2, -0.15) is 0 Å². The maximum absolute atomic E-state index is 14.3. The van der Waals surface area contributed by atoms with Crippen molar-refractivity contribution in [2.75, 3.05) is 13.2 Å². The van der Waals surface area contributed by atoms with Crippen molar-refractivity contribution in [2.24, 2.45) is 0 Å². The molecule has 144 valence electrons. The summed E-state index contributed by atoms with van der Waals surface area (Å²) < 4.78 is 21.1. The van der Waals surface area contributed by atoms with E-state index in [9.17, 15) is 9.50 Å². The van der Waals surface area contributed by atoms with Gasteiger partial charge in [-0.1, -0.05) is 22.0 Å². The van der Waals surface area contributed by atoms with Gasteiger partial charge in [-0.3, -0.25) is 4.98 Å². The second-order valence-electron chi connectivity index (χ2n) is 6.37. The van der Waals surface area contributed by atoms with Gasteiger partial charge < -0.3 is 19.7 Å². The largest absolute Gasteiger partial charge is 0.459 e. The van der Waals surface area contributed by atoms with Crippen LogP contribution in [0.2, 0.25) is 0 Å². The van der Waals surface area contributed by atoms with Crippen LogP contribution in [-0.4, -0.2) is 33.3 Å². The Kier molecular flexibility index (Phi) is 5.43. The minimum atomic E-state index is -0.371. The van der Waals surface area contributed by atoms with E-state index in [4.69, 9.17) is 16.6 Å². The molecule has 4 rings (SSSR count). The summed E-state index contributed by atoms with van der Waals surface area (Å²) in [5.41, 5.74) is 1.19. The summed E-state index contributed by atoms with van der Waals surface area (Å²) in [7, 11) is 0. The lowest BCUT2D eigenvalue weighted by Crippen LogP contribution is -2.32. The Labute approximate surface area is 175 Å². The van der Waals surface area contributed by atoms with E-state index >= 15 is 0 Å². The molecule has 2 aromatic heterocycles. The first-order valence-electron chi connectivity index (χ1n) is 8.72. The molecule has 8 heteroatoms. The molecule has 2 atom stereocenters. The normalized spacial score (nSPS) is 19.1. The van der Waals surface area contributed by atoms with Crippen LogP contribution >= 0.6 is 28.1 Å². The predicted octanol–water partition coefficient (Wildman–Crippen LogP) is 4.21. The molecule has 1 aromatic carbocycles. The van der Waals surface area contributed by atoms with Crippen molar-refractivity contribution in [2.45, 2.75) is 12.1 Å². The highest BCUT2D eigenvalue weighted by atomic mass is 79.9. The molecule has 3 aromatic rings. The van der Waals surface area contributed by atoms with Crippen molar-refractivity contribution >= 4 is 33.3 Å². The number of halogens is 2. The number of rotatable bonds is 5. The zero-order valence-corrected chi connectivity index (χ0v) is 17.1. The molecule has 0 unspecified atom stereocenters. The van der Waals surface area contributed by atoms with Crippen LogP contribution < -0.4 is 5.32 Å². The molecule has 5 nitrogen and oxygen atoms in total. The van der Waals surface area contributed by atoms with E-state index in [1.54, 1.807) is 24.4 Å². The molecule has 28 heavy (non-hydrogen) atoms. The van der Waals surface area contributed by atoms with Crippen molar-refractivity contribution in [3.63, 3.8) is 0 Å². The Hall–Kier alpha value is -2.29. The lowest BCUT2D eigenvalue weighted by atomic mass is 10.0. The van der Waals surface area contributed by atoms with E-state index in [1.165, 1.54) is 6.07 Å². The number of aliphatic hydroxyl groups excluding tert-OH is 1. The molecule has 3 heterocycles. The molecule has 1 aliphatic rings. The number of nitrogens with one attached hydrogen (secondary N) is 1.